The van der Waals surface area contributed by atoms with E-state index in [9.17, 15) is 4.79 Å². The summed E-state index contributed by atoms with van der Waals surface area (Å²) in [6.45, 7) is 5.14. The quantitative estimate of drug-likeness (QED) is 0.723. The molecule has 1 amide bonds. The minimum absolute atomic E-state index is 0.111. The van der Waals surface area contributed by atoms with Crippen LogP contribution in [0.3, 0.4) is 0 Å². The summed E-state index contributed by atoms with van der Waals surface area (Å²) in [5, 5.41) is 4.16. The van der Waals surface area contributed by atoms with Crippen molar-refractivity contribution >= 4 is 23.2 Å². The number of anilines is 1. The van der Waals surface area contributed by atoms with Gasteiger partial charge in [-0.05, 0) is 31.2 Å². The van der Waals surface area contributed by atoms with Crippen LogP contribution in [0.25, 0.3) is 0 Å². The molecule has 130 valence electrons. The van der Waals surface area contributed by atoms with Crippen LogP contribution >= 0.6 is 11.6 Å². The Kier molecular flexibility index (Phi) is 4.63. The Balaban J connectivity index is 1.36. The van der Waals surface area contributed by atoms with Crippen LogP contribution < -0.4 is 21.1 Å². The fraction of sp³-hybridized carbons (Fsp3) is 0.588. The van der Waals surface area contributed by atoms with E-state index in [0.717, 1.165) is 56.4 Å². The van der Waals surface area contributed by atoms with Crippen LogP contribution in [0.1, 0.15) is 6.42 Å². The van der Waals surface area contributed by atoms with Gasteiger partial charge in [-0.2, -0.15) is 0 Å². The van der Waals surface area contributed by atoms with Gasteiger partial charge in [0.05, 0.1) is 0 Å². The standard InChI is InChI=1S/C17H24ClN5O/c18-12-2-1-3-13(10-12)22-6-8-23(9-7-22)17(24)16-14-11-19-5-4-15(14)20-21-16/h1-3,10,14-16,19-21H,4-9,11H2. The van der Waals surface area contributed by atoms with Crippen molar-refractivity contribution in [1.82, 2.24) is 21.1 Å². The van der Waals surface area contributed by atoms with Crippen molar-refractivity contribution in [3.63, 3.8) is 0 Å². The molecular weight excluding hydrogens is 326 g/mol. The van der Waals surface area contributed by atoms with E-state index >= 15 is 0 Å². The summed E-state index contributed by atoms with van der Waals surface area (Å²) >= 11 is 6.08. The van der Waals surface area contributed by atoms with Crippen molar-refractivity contribution in [2.45, 2.75) is 18.5 Å². The molecule has 3 saturated heterocycles. The third kappa shape index (κ3) is 3.11. The van der Waals surface area contributed by atoms with E-state index in [1.54, 1.807) is 0 Å². The lowest BCUT2D eigenvalue weighted by molar-refractivity contribution is -0.134. The summed E-state index contributed by atoms with van der Waals surface area (Å²) in [7, 11) is 0. The lowest BCUT2D eigenvalue weighted by Crippen LogP contribution is -2.56. The van der Waals surface area contributed by atoms with E-state index in [1.807, 2.05) is 23.1 Å². The molecule has 3 heterocycles. The second-order valence-electron chi connectivity index (χ2n) is 6.82. The highest BCUT2D eigenvalue weighted by Gasteiger charge is 2.43. The average molecular weight is 350 g/mol. The maximum absolute atomic E-state index is 12.9. The number of piperidine rings is 1. The first-order chi connectivity index (χ1) is 11.7. The van der Waals surface area contributed by atoms with Crippen LogP contribution in [-0.2, 0) is 4.79 Å². The SMILES string of the molecule is O=C(C1NNC2CCNCC21)N1CCN(c2cccc(Cl)c2)CC1. The van der Waals surface area contributed by atoms with E-state index in [1.165, 1.54) is 0 Å². The molecule has 3 unspecified atom stereocenters. The molecular formula is C17H24ClN5O. The first-order valence-electron chi connectivity index (χ1n) is 8.73. The number of hydrogen-bond acceptors (Lipinski definition) is 5. The van der Waals surface area contributed by atoms with Gasteiger partial charge >= 0.3 is 0 Å². The molecule has 4 rings (SSSR count). The first kappa shape index (κ1) is 16.1. The summed E-state index contributed by atoms with van der Waals surface area (Å²) in [5.74, 6) is 0.571. The van der Waals surface area contributed by atoms with Gasteiger partial charge in [-0.3, -0.25) is 10.2 Å². The van der Waals surface area contributed by atoms with Crippen molar-refractivity contribution in [2.75, 3.05) is 44.2 Å². The molecule has 7 heteroatoms. The Morgan fingerprint density at radius 1 is 1.17 bits per heavy atom. The Hall–Kier alpha value is -1.34. The Morgan fingerprint density at radius 3 is 2.79 bits per heavy atom. The van der Waals surface area contributed by atoms with E-state index < -0.39 is 0 Å². The second kappa shape index (κ2) is 6.88. The number of carbonyl (C=O) groups is 1. The van der Waals surface area contributed by atoms with Crippen LogP contribution in [-0.4, -0.2) is 62.2 Å². The van der Waals surface area contributed by atoms with E-state index in [2.05, 4.69) is 27.1 Å². The van der Waals surface area contributed by atoms with Crippen molar-refractivity contribution in [1.29, 1.82) is 0 Å². The molecule has 0 bridgehead atoms. The molecule has 6 nitrogen and oxygen atoms in total. The lowest BCUT2D eigenvalue weighted by atomic mass is 9.89. The van der Waals surface area contributed by atoms with Gasteiger partial charge < -0.3 is 15.1 Å². The third-order valence-corrected chi connectivity index (χ3v) is 5.65. The number of halogens is 1. The Labute approximate surface area is 147 Å². The molecule has 0 radical (unpaired) electrons. The Bertz CT molecular complexity index is 604. The van der Waals surface area contributed by atoms with Gasteiger partial charge in [-0.25, -0.2) is 5.43 Å². The molecule has 0 spiro atoms. The van der Waals surface area contributed by atoms with E-state index in [0.29, 0.717) is 12.0 Å². The minimum atomic E-state index is -0.111. The largest absolute Gasteiger partial charge is 0.368 e. The number of hydrogen-bond donors (Lipinski definition) is 3. The van der Waals surface area contributed by atoms with Gasteiger partial charge in [0.1, 0.15) is 6.04 Å². The zero-order valence-corrected chi connectivity index (χ0v) is 14.4. The second-order valence-corrected chi connectivity index (χ2v) is 7.26. The summed E-state index contributed by atoms with van der Waals surface area (Å²) in [6, 6.07) is 8.22. The number of amides is 1. The predicted molar refractivity (Wildman–Crippen MR) is 95.1 cm³/mol. The van der Waals surface area contributed by atoms with Gasteiger partial charge in [0.25, 0.3) is 0 Å². The van der Waals surface area contributed by atoms with E-state index in [-0.39, 0.29) is 11.9 Å². The molecule has 0 aromatic heterocycles. The molecule has 24 heavy (non-hydrogen) atoms. The summed E-state index contributed by atoms with van der Waals surface area (Å²) in [5.41, 5.74) is 7.67. The zero-order valence-electron chi connectivity index (χ0n) is 13.7. The summed E-state index contributed by atoms with van der Waals surface area (Å²) < 4.78 is 0. The van der Waals surface area contributed by atoms with Gasteiger partial charge in [0.2, 0.25) is 5.91 Å². The normalized spacial score (nSPS) is 30.3. The van der Waals surface area contributed by atoms with Crippen molar-refractivity contribution in [3.05, 3.63) is 29.3 Å². The van der Waals surface area contributed by atoms with Crippen molar-refractivity contribution in [3.8, 4) is 0 Å². The number of benzene rings is 1. The van der Waals surface area contributed by atoms with E-state index in [4.69, 9.17) is 11.6 Å². The zero-order chi connectivity index (χ0) is 16.5. The summed E-state index contributed by atoms with van der Waals surface area (Å²) in [6.07, 6.45) is 1.07. The number of piperazine rings is 1. The first-order valence-corrected chi connectivity index (χ1v) is 9.11. The Morgan fingerprint density at radius 2 is 2.00 bits per heavy atom. The maximum atomic E-state index is 12.9. The number of rotatable bonds is 2. The number of fused-ring (bicyclic) bond motifs is 1. The van der Waals surface area contributed by atoms with Gasteiger partial charge in [0, 0.05) is 55.4 Å². The van der Waals surface area contributed by atoms with Gasteiger partial charge in [-0.1, -0.05) is 17.7 Å². The monoisotopic (exact) mass is 349 g/mol. The fourth-order valence-electron chi connectivity index (χ4n) is 4.02. The third-order valence-electron chi connectivity index (χ3n) is 5.41. The summed E-state index contributed by atoms with van der Waals surface area (Å²) in [4.78, 5) is 17.2. The number of carbonyl (C=O) groups excluding carboxylic acids is 1. The van der Waals surface area contributed by atoms with Crippen LogP contribution in [0.2, 0.25) is 5.02 Å². The molecule has 3 N–H and O–H groups in total. The number of hydrazine groups is 1. The number of nitrogens with zero attached hydrogens (tertiary/aromatic N) is 2. The molecule has 0 saturated carbocycles. The molecule has 1 aromatic rings. The van der Waals surface area contributed by atoms with Crippen LogP contribution in [0.5, 0.6) is 0 Å². The lowest BCUT2D eigenvalue weighted by Gasteiger charge is -2.38. The number of nitrogens with one attached hydrogen (secondary N) is 3. The van der Waals surface area contributed by atoms with Crippen LogP contribution in [0.15, 0.2) is 24.3 Å². The highest BCUT2D eigenvalue weighted by Crippen LogP contribution is 2.24. The van der Waals surface area contributed by atoms with Crippen LogP contribution in [0.4, 0.5) is 5.69 Å². The molecule has 3 aliphatic rings. The highest BCUT2D eigenvalue weighted by molar-refractivity contribution is 6.30. The topological polar surface area (TPSA) is 59.6 Å². The average Bonchev–Trinajstić information content (AvgIpc) is 3.05. The predicted octanol–water partition coefficient (Wildman–Crippen LogP) is 0.443. The van der Waals surface area contributed by atoms with Crippen molar-refractivity contribution in [2.24, 2.45) is 5.92 Å². The molecule has 3 atom stereocenters. The molecule has 3 aliphatic heterocycles. The minimum Gasteiger partial charge on any atom is -0.368 e. The van der Waals surface area contributed by atoms with Crippen LogP contribution in [0, 0.1) is 5.92 Å². The van der Waals surface area contributed by atoms with Crippen molar-refractivity contribution < 1.29 is 4.79 Å². The smallest absolute Gasteiger partial charge is 0.241 e. The van der Waals surface area contributed by atoms with Gasteiger partial charge in [-0.15, -0.1) is 0 Å². The maximum Gasteiger partial charge on any atom is 0.241 e. The molecule has 0 aliphatic carbocycles. The molecule has 3 fully saturated rings. The highest BCUT2D eigenvalue weighted by atomic mass is 35.5. The van der Waals surface area contributed by atoms with Gasteiger partial charge in [0.15, 0.2) is 0 Å². The fourth-order valence-corrected chi connectivity index (χ4v) is 4.20. The molecule has 1 aromatic carbocycles.